The average Bonchev–Trinajstić information content (AvgIpc) is 2.50. The van der Waals surface area contributed by atoms with Crippen LogP contribution in [0, 0.1) is 0 Å². The van der Waals surface area contributed by atoms with Crippen molar-refractivity contribution >= 4 is 33.0 Å². The maximum Gasteiger partial charge on any atom is 0.275 e. The van der Waals surface area contributed by atoms with Gasteiger partial charge in [-0.05, 0) is 0 Å². The topological polar surface area (TPSA) is 59.5 Å². The Hall–Kier alpha value is -0.210. The number of rotatable bonds is 3. The van der Waals surface area contributed by atoms with E-state index in [4.69, 9.17) is 11.6 Å². The lowest BCUT2D eigenvalue weighted by Gasteiger charge is -2.11. The van der Waals surface area contributed by atoms with Crippen molar-refractivity contribution in [1.82, 2.24) is 9.45 Å². The van der Waals surface area contributed by atoms with Crippen LogP contribution < -0.4 is 0 Å². The van der Waals surface area contributed by atoms with Crippen LogP contribution in [0.1, 0.15) is 0 Å². The van der Waals surface area contributed by atoms with E-state index >= 15 is 0 Å². The molecule has 1 rings (SSSR count). The minimum absolute atomic E-state index is 0.0573. The highest BCUT2D eigenvalue weighted by Gasteiger charge is 2.23. The van der Waals surface area contributed by atoms with E-state index in [9.17, 15) is 8.42 Å². The zero-order chi connectivity index (χ0) is 10.1. The van der Waals surface area contributed by atoms with Gasteiger partial charge in [-0.25, -0.2) is 13.4 Å². The quantitative estimate of drug-likeness (QED) is 0.742. The number of hydrogen-bond donors (Lipinski definition) is 0. The van der Waals surface area contributed by atoms with Crippen molar-refractivity contribution in [3.8, 4) is 0 Å². The second-order valence-electron chi connectivity index (χ2n) is 2.03. The van der Waals surface area contributed by atoms with E-state index in [0.29, 0.717) is 0 Å². The van der Waals surface area contributed by atoms with Crippen LogP contribution in [-0.2, 0) is 14.9 Å². The smallest absolute Gasteiger partial charge is 0.275 e. The molecule has 0 spiro atoms. The molecule has 1 aromatic heterocycles. The summed E-state index contributed by atoms with van der Waals surface area (Å²) in [4.78, 5) is 8.18. The molecule has 0 fully saturated rings. The van der Waals surface area contributed by atoms with E-state index in [0.717, 1.165) is 15.8 Å². The number of thiazole rings is 1. The molecular weight excluding hydrogens is 236 g/mol. The SMILES string of the molecule is CON(C)S(=O)(=O)c1cnc(Cl)s1. The number of hydroxylamine groups is 1. The number of sulfonamides is 1. The fourth-order valence-electron chi connectivity index (χ4n) is 0.583. The molecule has 1 heterocycles. The molecule has 0 amide bonds. The summed E-state index contributed by atoms with van der Waals surface area (Å²) in [5, 5.41) is 0. The maximum atomic E-state index is 11.5. The zero-order valence-corrected chi connectivity index (χ0v) is 9.28. The summed E-state index contributed by atoms with van der Waals surface area (Å²) in [6.07, 6.45) is 1.19. The summed E-state index contributed by atoms with van der Waals surface area (Å²) in [6, 6.07) is 0. The van der Waals surface area contributed by atoms with Crippen LogP contribution in [0.4, 0.5) is 0 Å². The molecule has 0 saturated carbocycles. The third kappa shape index (κ3) is 2.18. The van der Waals surface area contributed by atoms with Gasteiger partial charge < -0.3 is 0 Å². The first-order chi connectivity index (χ1) is 5.98. The van der Waals surface area contributed by atoms with Crippen molar-refractivity contribution < 1.29 is 13.3 Å². The Balaban J connectivity index is 3.08. The van der Waals surface area contributed by atoms with E-state index in [1.54, 1.807) is 0 Å². The molecule has 0 atom stereocenters. The molecule has 0 aliphatic rings. The Bertz CT molecular complexity index is 388. The average molecular weight is 243 g/mol. The maximum absolute atomic E-state index is 11.5. The van der Waals surface area contributed by atoms with E-state index in [-0.39, 0.29) is 8.68 Å². The Labute approximate surface area is 84.9 Å². The molecule has 13 heavy (non-hydrogen) atoms. The first-order valence-electron chi connectivity index (χ1n) is 3.13. The lowest BCUT2D eigenvalue weighted by Crippen LogP contribution is -2.24. The largest absolute Gasteiger partial charge is 0.288 e. The Kier molecular flexibility index (Phi) is 3.25. The van der Waals surface area contributed by atoms with Crippen LogP contribution >= 0.6 is 22.9 Å². The predicted octanol–water partition coefficient (Wildman–Crippen LogP) is 0.978. The van der Waals surface area contributed by atoms with Crippen molar-refractivity contribution in [3.05, 3.63) is 10.7 Å². The van der Waals surface area contributed by atoms with Crippen LogP contribution in [0.25, 0.3) is 0 Å². The molecule has 0 aromatic carbocycles. The molecular formula is C5H7ClN2O3S2. The van der Waals surface area contributed by atoms with Gasteiger partial charge in [0.2, 0.25) is 0 Å². The third-order valence-electron chi connectivity index (χ3n) is 1.31. The lowest BCUT2D eigenvalue weighted by atomic mass is 11.0. The highest BCUT2D eigenvalue weighted by Crippen LogP contribution is 2.24. The summed E-state index contributed by atoms with van der Waals surface area (Å²) in [5.41, 5.74) is 0. The van der Waals surface area contributed by atoms with Gasteiger partial charge in [0.05, 0.1) is 13.3 Å². The van der Waals surface area contributed by atoms with Crippen molar-refractivity contribution in [2.75, 3.05) is 14.2 Å². The number of nitrogens with zero attached hydrogens (tertiary/aromatic N) is 2. The summed E-state index contributed by atoms with van der Waals surface area (Å²) >= 11 is 6.38. The van der Waals surface area contributed by atoms with Gasteiger partial charge in [0, 0.05) is 7.05 Å². The second-order valence-corrected chi connectivity index (χ2v) is 5.80. The summed E-state index contributed by atoms with van der Waals surface area (Å²) in [6.45, 7) is 0. The van der Waals surface area contributed by atoms with Gasteiger partial charge in [-0.1, -0.05) is 27.4 Å². The van der Waals surface area contributed by atoms with E-state index in [2.05, 4.69) is 9.82 Å². The molecule has 0 aliphatic carbocycles. The van der Waals surface area contributed by atoms with Gasteiger partial charge in [0.1, 0.15) is 0 Å². The van der Waals surface area contributed by atoms with Crippen LogP contribution in [-0.4, -0.2) is 32.0 Å². The first-order valence-corrected chi connectivity index (χ1v) is 5.76. The molecule has 5 nitrogen and oxygen atoms in total. The molecule has 8 heteroatoms. The summed E-state index contributed by atoms with van der Waals surface area (Å²) in [5.74, 6) is 0. The first kappa shape index (κ1) is 10.9. The minimum atomic E-state index is -3.59. The highest BCUT2D eigenvalue weighted by atomic mass is 35.5. The molecule has 0 aliphatic heterocycles. The third-order valence-corrected chi connectivity index (χ3v) is 4.54. The standard InChI is InChI=1S/C5H7ClN2O3S2/c1-8(11-2)13(9,10)4-3-7-5(6)12-4/h3H,1-2H3. The van der Waals surface area contributed by atoms with E-state index in [1.165, 1.54) is 20.4 Å². The molecule has 74 valence electrons. The summed E-state index contributed by atoms with van der Waals surface area (Å²) in [7, 11) is -1.03. The second kappa shape index (κ2) is 3.89. The predicted molar refractivity (Wildman–Crippen MR) is 49.1 cm³/mol. The molecule has 0 bridgehead atoms. The van der Waals surface area contributed by atoms with Crippen LogP contribution in [0.2, 0.25) is 4.47 Å². The minimum Gasteiger partial charge on any atom is -0.288 e. The molecule has 0 N–H and O–H groups in total. The zero-order valence-electron chi connectivity index (χ0n) is 6.89. The Morgan fingerprint density at radius 3 is 2.69 bits per heavy atom. The van der Waals surface area contributed by atoms with Gasteiger partial charge in [-0.3, -0.25) is 4.84 Å². The normalized spacial score (nSPS) is 12.3. The monoisotopic (exact) mass is 242 g/mol. The van der Waals surface area contributed by atoms with Gasteiger partial charge in [-0.2, -0.15) is 0 Å². The van der Waals surface area contributed by atoms with Gasteiger partial charge >= 0.3 is 0 Å². The van der Waals surface area contributed by atoms with Crippen LogP contribution in [0.15, 0.2) is 10.4 Å². The number of halogens is 1. The number of aromatic nitrogens is 1. The fraction of sp³-hybridized carbons (Fsp3) is 0.400. The van der Waals surface area contributed by atoms with Crippen molar-refractivity contribution in [3.63, 3.8) is 0 Å². The van der Waals surface area contributed by atoms with Crippen LogP contribution in [0.3, 0.4) is 0 Å². The van der Waals surface area contributed by atoms with Crippen molar-refractivity contribution in [2.45, 2.75) is 4.21 Å². The fourth-order valence-corrected chi connectivity index (χ4v) is 3.00. The van der Waals surface area contributed by atoms with E-state index < -0.39 is 10.0 Å². The number of hydrogen-bond acceptors (Lipinski definition) is 5. The Morgan fingerprint density at radius 2 is 2.31 bits per heavy atom. The van der Waals surface area contributed by atoms with E-state index in [1.807, 2.05) is 0 Å². The highest BCUT2D eigenvalue weighted by molar-refractivity contribution is 7.91. The molecule has 1 aromatic rings. The molecule has 0 unspecified atom stereocenters. The van der Waals surface area contributed by atoms with Gasteiger partial charge in [-0.15, -0.1) is 0 Å². The molecule has 0 radical (unpaired) electrons. The lowest BCUT2D eigenvalue weighted by molar-refractivity contribution is -0.0256. The Morgan fingerprint density at radius 1 is 1.69 bits per heavy atom. The van der Waals surface area contributed by atoms with Crippen LogP contribution in [0.5, 0.6) is 0 Å². The van der Waals surface area contributed by atoms with Crippen molar-refractivity contribution in [1.29, 1.82) is 0 Å². The summed E-state index contributed by atoms with van der Waals surface area (Å²) < 4.78 is 24.0. The van der Waals surface area contributed by atoms with Gasteiger partial charge in [0.25, 0.3) is 10.0 Å². The van der Waals surface area contributed by atoms with Crippen molar-refractivity contribution in [2.24, 2.45) is 0 Å². The molecule has 0 saturated heterocycles. The van der Waals surface area contributed by atoms with Gasteiger partial charge in [0.15, 0.2) is 8.68 Å².